The first-order chi connectivity index (χ1) is 9.39. The van der Waals surface area contributed by atoms with Crippen LogP contribution < -0.4 is 10.5 Å². The maximum absolute atomic E-state index is 13.2. The lowest BCUT2D eigenvalue weighted by Crippen LogP contribution is -2.55. The lowest BCUT2D eigenvalue weighted by molar-refractivity contribution is 0.309. The molecule has 0 saturated heterocycles. The molecule has 4 N–H and O–H groups in total. The summed E-state index contributed by atoms with van der Waals surface area (Å²) in [6.07, 6.45) is 2.42. The molecule has 2 rings (SSSR count). The zero-order valence-corrected chi connectivity index (χ0v) is 11.5. The normalized spacial score (nSPS) is 19.1. The van der Waals surface area contributed by atoms with Gasteiger partial charge in [0.05, 0.1) is 10.4 Å². The summed E-state index contributed by atoms with van der Waals surface area (Å²) in [7, 11) is -3.94. The number of halogens is 1. The van der Waals surface area contributed by atoms with Crippen LogP contribution in [0.5, 0.6) is 0 Å². The number of benzene rings is 1. The van der Waals surface area contributed by atoms with Gasteiger partial charge in [-0.2, -0.15) is 4.72 Å². The van der Waals surface area contributed by atoms with E-state index in [0.29, 0.717) is 12.8 Å². The van der Waals surface area contributed by atoms with Crippen LogP contribution in [-0.2, 0) is 10.0 Å². The topological polar surface area (TPSA) is 105 Å². The smallest absolute Gasteiger partial charge is 0.241 e. The highest BCUT2D eigenvalue weighted by Crippen LogP contribution is 2.31. The molecule has 0 unspecified atom stereocenters. The maximum atomic E-state index is 13.2. The second-order valence-electron chi connectivity index (χ2n) is 4.84. The van der Waals surface area contributed by atoms with Gasteiger partial charge in [-0.15, -0.1) is 0 Å². The Balaban J connectivity index is 2.36. The van der Waals surface area contributed by atoms with Gasteiger partial charge in [-0.3, -0.25) is 0 Å². The molecule has 0 amide bonds. The van der Waals surface area contributed by atoms with Gasteiger partial charge in [0.15, 0.2) is 5.84 Å². The van der Waals surface area contributed by atoms with Crippen LogP contribution in [0.1, 0.15) is 25.7 Å². The number of nitrogens with two attached hydrogens (primary N) is 1. The standard InChI is InChI=1S/C12H16FN3O3S/c13-9-4-3-5-10(8-9)20(18,19)16-12(11(14)15-17)6-1-2-7-12/h3-5,8,16-17H,1-2,6-7H2,(H2,14,15). The predicted molar refractivity (Wildman–Crippen MR) is 71.3 cm³/mol. The molecule has 0 aromatic heterocycles. The third kappa shape index (κ3) is 2.75. The highest BCUT2D eigenvalue weighted by atomic mass is 32.2. The van der Waals surface area contributed by atoms with Gasteiger partial charge in [-0.25, -0.2) is 12.8 Å². The molecule has 0 heterocycles. The number of hydrogen-bond donors (Lipinski definition) is 3. The zero-order chi connectivity index (χ0) is 14.8. The van der Waals surface area contributed by atoms with Crippen LogP contribution >= 0.6 is 0 Å². The Kier molecular flexibility index (Phi) is 3.96. The molecule has 0 spiro atoms. The van der Waals surface area contributed by atoms with E-state index in [-0.39, 0.29) is 10.7 Å². The van der Waals surface area contributed by atoms with E-state index >= 15 is 0 Å². The third-order valence-corrected chi connectivity index (χ3v) is 5.03. The van der Waals surface area contributed by atoms with Gasteiger partial charge in [0, 0.05) is 0 Å². The molecular formula is C12H16FN3O3S. The van der Waals surface area contributed by atoms with Gasteiger partial charge in [0.25, 0.3) is 0 Å². The quantitative estimate of drug-likeness (QED) is 0.336. The van der Waals surface area contributed by atoms with E-state index in [0.717, 1.165) is 25.0 Å². The molecule has 1 fully saturated rings. The fourth-order valence-corrected chi connectivity index (χ4v) is 3.90. The first kappa shape index (κ1) is 14.7. The van der Waals surface area contributed by atoms with Gasteiger partial charge in [-0.1, -0.05) is 24.1 Å². The minimum atomic E-state index is -3.94. The summed E-state index contributed by atoms with van der Waals surface area (Å²) < 4.78 is 40.2. The van der Waals surface area contributed by atoms with Crippen LogP contribution in [-0.4, -0.2) is 25.0 Å². The number of oxime groups is 1. The van der Waals surface area contributed by atoms with Crippen molar-refractivity contribution in [2.75, 3.05) is 0 Å². The van der Waals surface area contributed by atoms with Crippen molar-refractivity contribution in [3.63, 3.8) is 0 Å². The van der Waals surface area contributed by atoms with E-state index in [1.54, 1.807) is 0 Å². The summed E-state index contributed by atoms with van der Waals surface area (Å²) in [6, 6.07) is 4.69. The van der Waals surface area contributed by atoms with Gasteiger partial charge in [0.2, 0.25) is 10.0 Å². The Bertz CT molecular complexity index is 625. The maximum Gasteiger partial charge on any atom is 0.241 e. The van der Waals surface area contributed by atoms with Crippen LogP contribution in [0.3, 0.4) is 0 Å². The largest absolute Gasteiger partial charge is 0.409 e. The summed E-state index contributed by atoms with van der Waals surface area (Å²) in [5.41, 5.74) is 4.53. The van der Waals surface area contributed by atoms with Gasteiger partial charge < -0.3 is 10.9 Å². The van der Waals surface area contributed by atoms with E-state index in [9.17, 15) is 12.8 Å². The Morgan fingerprint density at radius 3 is 2.60 bits per heavy atom. The molecule has 1 saturated carbocycles. The molecule has 1 aliphatic carbocycles. The minimum absolute atomic E-state index is 0.171. The van der Waals surface area contributed by atoms with E-state index in [2.05, 4.69) is 9.88 Å². The van der Waals surface area contributed by atoms with Crippen LogP contribution in [0, 0.1) is 5.82 Å². The number of rotatable bonds is 4. The van der Waals surface area contributed by atoms with Crippen LogP contribution in [0.4, 0.5) is 4.39 Å². The van der Waals surface area contributed by atoms with E-state index in [4.69, 9.17) is 10.9 Å². The Morgan fingerprint density at radius 2 is 2.05 bits per heavy atom. The van der Waals surface area contributed by atoms with Crippen molar-refractivity contribution in [3.05, 3.63) is 30.1 Å². The van der Waals surface area contributed by atoms with E-state index in [1.165, 1.54) is 12.1 Å². The number of hydrogen-bond acceptors (Lipinski definition) is 4. The summed E-state index contributed by atoms with van der Waals surface area (Å²) >= 11 is 0. The molecule has 110 valence electrons. The Hall–Kier alpha value is -1.67. The van der Waals surface area contributed by atoms with Crippen molar-refractivity contribution < 1.29 is 18.0 Å². The van der Waals surface area contributed by atoms with Crippen molar-refractivity contribution in [3.8, 4) is 0 Å². The molecule has 1 aromatic carbocycles. The number of nitrogens with zero attached hydrogens (tertiary/aromatic N) is 1. The molecule has 6 nitrogen and oxygen atoms in total. The fourth-order valence-electron chi connectivity index (χ4n) is 2.44. The predicted octanol–water partition coefficient (Wildman–Crippen LogP) is 1.16. The first-order valence-corrected chi connectivity index (χ1v) is 7.65. The molecule has 0 radical (unpaired) electrons. The minimum Gasteiger partial charge on any atom is -0.409 e. The Labute approximate surface area is 116 Å². The summed E-state index contributed by atoms with van der Waals surface area (Å²) in [5, 5.41) is 11.8. The lowest BCUT2D eigenvalue weighted by atomic mass is 9.98. The highest BCUT2D eigenvalue weighted by Gasteiger charge is 2.42. The molecule has 8 heteroatoms. The number of sulfonamides is 1. The van der Waals surface area contributed by atoms with Crippen molar-refractivity contribution in [1.82, 2.24) is 4.72 Å². The number of nitrogens with one attached hydrogen (secondary N) is 1. The number of amidine groups is 1. The van der Waals surface area contributed by atoms with Crippen molar-refractivity contribution in [1.29, 1.82) is 0 Å². The molecule has 20 heavy (non-hydrogen) atoms. The van der Waals surface area contributed by atoms with Gasteiger partial charge in [0.1, 0.15) is 5.82 Å². The van der Waals surface area contributed by atoms with Crippen LogP contribution in [0.15, 0.2) is 34.3 Å². The first-order valence-electron chi connectivity index (χ1n) is 6.17. The van der Waals surface area contributed by atoms with Crippen molar-refractivity contribution in [2.24, 2.45) is 10.9 Å². The third-order valence-electron chi connectivity index (χ3n) is 3.49. The molecule has 1 aliphatic rings. The summed E-state index contributed by atoms with van der Waals surface area (Å²) in [4.78, 5) is -0.186. The average molecular weight is 301 g/mol. The lowest BCUT2D eigenvalue weighted by Gasteiger charge is -2.28. The molecule has 0 aliphatic heterocycles. The second-order valence-corrected chi connectivity index (χ2v) is 6.52. The molecule has 0 bridgehead atoms. The molecule has 0 atom stereocenters. The molecule has 1 aromatic rings. The van der Waals surface area contributed by atoms with E-state index < -0.39 is 21.4 Å². The second kappa shape index (κ2) is 5.37. The van der Waals surface area contributed by atoms with Crippen molar-refractivity contribution in [2.45, 2.75) is 36.1 Å². The van der Waals surface area contributed by atoms with Gasteiger partial charge >= 0.3 is 0 Å². The SMILES string of the molecule is N/C(=N/O)C1(NS(=O)(=O)c2cccc(F)c2)CCCC1. The summed E-state index contributed by atoms with van der Waals surface area (Å²) in [6.45, 7) is 0. The fraction of sp³-hybridized carbons (Fsp3) is 0.417. The monoisotopic (exact) mass is 301 g/mol. The zero-order valence-electron chi connectivity index (χ0n) is 10.7. The molecular weight excluding hydrogens is 285 g/mol. The Morgan fingerprint density at radius 1 is 1.40 bits per heavy atom. The summed E-state index contributed by atoms with van der Waals surface area (Å²) in [5.74, 6) is -0.813. The van der Waals surface area contributed by atoms with Crippen LogP contribution in [0.2, 0.25) is 0 Å². The van der Waals surface area contributed by atoms with E-state index in [1.807, 2.05) is 0 Å². The van der Waals surface area contributed by atoms with Crippen molar-refractivity contribution >= 4 is 15.9 Å². The average Bonchev–Trinajstić information content (AvgIpc) is 2.87. The van der Waals surface area contributed by atoms with Crippen LogP contribution in [0.25, 0.3) is 0 Å². The highest BCUT2D eigenvalue weighted by molar-refractivity contribution is 7.89. The van der Waals surface area contributed by atoms with Gasteiger partial charge in [-0.05, 0) is 31.0 Å².